The summed E-state index contributed by atoms with van der Waals surface area (Å²) in [5, 5.41) is 2.88. The van der Waals surface area contributed by atoms with E-state index in [2.05, 4.69) is 5.32 Å². The van der Waals surface area contributed by atoms with E-state index in [-0.39, 0.29) is 11.9 Å². The van der Waals surface area contributed by atoms with Crippen LogP contribution in [-0.2, 0) is 14.8 Å². The molecule has 0 aromatic carbocycles. The van der Waals surface area contributed by atoms with E-state index < -0.39 is 16.1 Å². The Labute approximate surface area is 137 Å². The van der Waals surface area contributed by atoms with Gasteiger partial charge in [0.15, 0.2) is 0 Å². The monoisotopic (exact) mass is 343 g/mol. The molecule has 2 rings (SSSR count). The average molecular weight is 343 g/mol. The van der Waals surface area contributed by atoms with Crippen LogP contribution in [0.15, 0.2) is 22.8 Å². The summed E-state index contributed by atoms with van der Waals surface area (Å²) in [6.07, 6.45) is 4.97. The van der Waals surface area contributed by atoms with Crippen LogP contribution in [0.5, 0.6) is 0 Å². The van der Waals surface area contributed by atoms with Crippen LogP contribution in [0.25, 0.3) is 0 Å². The van der Waals surface area contributed by atoms with E-state index >= 15 is 0 Å². The molecule has 1 amide bonds. The first-order valence-corrected chi connectivity index (χ1v) is 9.60. The summed E-state index contributed by atoms with van der Waals surface area (Å²) in [4.78, 5) is 14.4. The van der Waals surface area contributed by atoms with Gasteiger partial charge in [-0.05, 0) is 39.1 Å². The van der Waals surface area contributed by atoms with Crippen molar-refractivity contribution in [2.45, 2.75) is 31.3 Å². The van der Waals surface area contributed by atoms with Gasteiger partial charge < -0.3 is 9.73 Å². The summed E-state index contributed by atoms with van der Waals surface area (Å²) in [5.74, 6) is 0.521. The summed E-state index contributed by atoms with van der Waals surface area (Å²) in [7, 11) is 0.436. The van der Waals surface area contributed by atoms with Crippen LogP contribution >= 0.6 is 0 Å². The lowest BCUT2D eigenvalue weighted by Crippen LogP contribution is -2.52. The van der Waals surface area contributed by atoms with Crippen molar-refractivity contribution in [1.82, 2.24) is 14.5 Å². The third-order valence-electron chi connectivity index (χ3n) is 4.15. The fraction of sp³-hybridized carbons (Fsp3) is 0.667. The molecule has 1 aromatic heterocycles. The molecule has 130 valence electrons. The van der Waals surface area contributed by atoms with Gasteiger partial charge in [-0.2, -0.15) is 4.31 Å². The van der Waals surface area contributed by atoms with Gasteiger partial charge in [0.1, 0.15) is 11.8 Å². The number of nitrogens with one attached hydrogen (secondary N) is 1. The van der Waals surface area contributed by atoms with E-state index in [0.29, 0.717) is 19.5 Å². The molecule has 0 spiro atoms. The third kappa shape index (κ3) is 4.55. The quantitative estimate of drug-likeness (QED) is 0.826. The van der Waals surface area contributed by atoms with Crippen molar-refractivity contribution in [3.63, 3.8) is 0 Å². The fourth-order valence-corrected chi connectivity index (χ4v) is 4.02. The van der Waals surface area contributed by atoms with Gasteiger partial charge in [-0.1, -0.05) is 6.42 Å². The van der Waals surface area contributed by atoms with E-state index in [1.807, 2.05) is 25.1 Å². The zero-order valence-electron chi connectivity index (χ0n) is 13.9. The molecule has 23 heavy (non-hydrogen) atoms. The minimum Gasteiger partial charge on any atom is -0.468 e. The van der Waals surface area contributed by atoms with Crippen molar-refractivity contribution in [3.8, 4) is 0 Å². The van der Waals surface area contributed by atoms with E-state index in [0.717, 1.165) is 24.9 Å². The fourth-order valence-electron chi connectivity index (χ4n) is 2.90. The minimum absolute atomic E-state index is 0.0933. The van der Waals surface area contributed by atoms with Gasteiger partial charge in [0.25, 0.3) is 0 Å². The number of nitrogens with zero attached hydrogens (tertiary/aromatic N) is 2. The summed E-state index contributed by atoms with van der Waals surface area (Å²) in [6.45, 7) is 0.777. The molecule has 1 N–H and O–H groups in total. The maximum Gasteiger partial charge on any atom is 0.238 e. The minimum atomic E-state index is -3.37. The molecule has 0 radical (unpaired) electrons. The van der Waals surface area contributed by atoms with Gasteiger partial charge in [0, 0.05) is 13.1 Å². The molecular formula is C15H25N3O4S. The summed E-state index contributed by atoms with van der Waals surface area (Å²) in [6, 6.07) is 2.96. The first kappa shape index (κ1) is 18.0. The molecule has 1 aliphatic heterocycles. The summed E-state index contributed by atoms with van der Waals surface area (Å²) in [5.41, 5.74) is 0. The van der Waals surface area contributed by atoms with Gasteiger partial charge in [-0.15, -0.1) is 0 Å². The Kier molecular flexibility index (Phi) is 5.83. The van der Waals surface area contributed by atoms with E-state index in [1.165, 1.54) is 4.31 Å². The maximum absolute atomic E-state index is 12.5. The second-order valence-corrected chi connectivity index (χ2v) is 8.06. The Morgan fingerprint density at radius 1 is 1.48 bits per heavy atom. The smallest absolute Gasteiger partial charge is 0.238 e. The second kappa shape index (κ2) is 7.46. The molecule has 8 heteroatoms. The Bertz CT molecular complexity index is 613. The highest BCUT2D eigenvalue weighted by atomic mass is 32.2. The second-order valence-electron chi connectivity index (χ2n) is 6.13. The van der Waals surface area contributed by atoms with Gasteiger partial charge in [-0.3, -0.25) is 9.69 Å². The zero-order valence-corrected chi connectivity index (χ0v) is 14.7. The van der Waals surface area contributed by atoms with Crippen LogP contribution in [0.4, 0.5) is 0 Å². The van der Waals surface area contributed by atoms with Crippen LogP contribution in [0.1, 0.15) is 31.1 Å². The number of likely N-dealkylation sites (N-methyl/N-ethyl adjacent to an activating group) is 1. The lowest BCUT2D eigenvalue weighted by Gasteiger charge is -2.33. The van der Waals surface area contributed by atoms with Crippen LogP contribution in [0.2, 0.25) is 0 Å². The number of hydrogen-bond acceptors (Lipinski definition) is 5. The van der Waals surface area contributed by atoms with Gasteiger partial charge >= 0.3 is 0 Å². The number of sulfonamides is 1. The van der Waals surface area contributed by atoms with Crippen molar-refractivity contribution in [1.29, 1.82) is 0 Å². The van der Waals surface area contributed by atoms with Crippen LogP contribution in [0.3, 0.4) is 0 Å². The van der Waals surface area contributed by atoms with Crippen molar-refractivity contribution in [2.24, 2.45) is 0 Å². The number of amides is 1. The topological polar surface area (TPSA) is 82.9 Å². The maximum atomic E-state index is 12.5. The Balaban J connectivity index is 2.02. The molecule has 1 saturated heterocycles. The van der Waals surface area contributed by atoms with Crippen molar-refractivity contribution >= 4 is 15.9 Å². The third-order valence-corrected chi connectivity index (χ3v) is 5.44. The van der Waals surface area contributed by atoms with Crippen molar-refractivity contribution in [2.75, 3.05) is 33.4 Å². The molecule has 7 nitrogen and oxygen atoms in total. The van der Waals surface area contributed by atoms with E-state index in [4.69, 9.17) is 4.42 Å². The normalized spacial score (nSPS) is 21.3. The lowest BCUT2D eigenvalue weighted by molar-refractivity contribution is -0.125. The number of rotatable bonds is 6. The largest absolute Gasteiger partial charge is 0.468 e. The molecule has 1 aromatic rings. The number of hydrogen-bond donors (Lipinski definition) is 1. The van der Waals surface area contributed by atoms with Crippen molar-refractivity contribution < 1.29 is 17.6 Å². The standard InChI is InChI=1S/C15H25N3O4S/c1-17(2)13(14-8-6-10-22-14)11-16-15(19)12-7-4-5-9-18(12)23(3,20)21/h6,8,10,12-13H,4-5,7,9,11H2,1-3H3,(H,16,19)/t12-,13+/m0/s1. The lowest BCUT2D eigenvalue weighted by atomic mass is 10.0. The Morgan fingerprint density at radius 3 is 2.78 bits per heavy atom. The molecule has 0 unspecified atom stereocenters. The average Bonchev–Trinajstić information content (AvgIpc) is 3.00. The predicted molar refractivity (Wildman–Crippen MR) is 87.3 cm³/mol. The van der Waals surface area contributed by atoms with Crippen LogP contribution in [0, 0.1) is 0 Å². The SMILES string of the molecule is CN(C)[C@H](CNC(=O)[C@@H]1CCCCN1S(C)(=O)=O)c1ccco1. The molecule has 0 bridgehead atoms. The molecule has 0 saturated carbocycles. The van der Waals surface area contributed by atoms with Crippen LogP contribution < -0.4 is 5.32 Å². The van der Waals surface area contributed by atoms with E-state index in [1.54, 1.807) is 12.3 Å². The first-order chi connectivity index (χ1) is 10.8. The number of carbonyl (C=O) groups is 1. The Hall–Kier alpha value is -1.38. The molecule has 1 fully saturated rings. The zero-order chi connectivity index (χ0) is 17.0. The van der Waals surface area contributed by atoms with Crippen molar-refractivity contribution in [3.05, 3.63) is 24.2 Å². The highest BCUT2D eigenvalue weighted by Crippen LogP contribution is 2.21. The molecular weight excluding hydrogens is 318 g/mol. The number of furan rings is 1. The highest BCUT2D eigenvalue weighted by Gasteiger charge is 2.34. The Morgan fingerprint density at radius 2 is 2.22 bits per heavy atom. The van der Waals surface area contributed by atoms with Crippen LogP contribution in [-0.4, -0.2) is 63.0 Å². The molecule has 2 heterocycles. The summed E-state index contributed by atoms with van der Waals surface area (Å²) >= 11 is 0. The number of piperidine rings is 1. The van der Waals surface area contributed by atoms with Gasteiger partial charge in [-0.25, -0.2) is 8.42 Å². The summed E-state index contributed by atoms with van der Waals surface area (Å²) < 4.78 is 30.4. The molecule has 0 aliphatic carbocycles. The first-order valence-electron chi connectivity index (χ1n) is 7.75. The number of carbonyl (C=O) groups excluding carboxylic acids is 1. The molecule has 2 atom stereocenters. The predicted octanol–water partition coefficient (Wildman–Crippen LogP) is 0.813. The van der Waals surface area contributed by atoms with E-state index in [9.17, 15) is 13.2 Å². The van der Waals surface area contributed by atoms with Gasteiger partial charge in [0.2, 0.25) is 15.9 Å². The molecule has 1 aliphatic rings. The van der Waals surface area contributed by atoms with Gasteiger partial charge in [0.05, 0.1) is 18.6 Å². The highest BCUT2D eigenvalue weighted by molar-refractivity contribution is 7.88.